The van der Waals surface area contributed by atoms with Gasteiger partial charge in [0.05, 0.1) is 0 Å². The number of amides is 3. The molecule has 0 saturated carbocycles. The third-order valence-corrected chi connectivity index (χ3v) is 5.43. The number of carbonyl (C=O) groups is 4. The maximum atomic E-state index is 13.4. The van der Waals surface area contributed by atoms with Crippen LogP contribution in [0.25, 0.3) is 0 Å². The lowest BCUT2D eigenvalue weighted by Crippen LogP contribution is -2.57. The van der Waals surface area contributed by atoms with Crippen LogP contribution in [0.15, 0.2) is 30.3 Å². The van der Waals surface area contributed by atoms with E-state index in [1.807, 2.05) is 13.8 Å². The topological polar surface area (TPSA) is 125 Å². The van der Waals surface area contributed by atoms with Crippen molar-refractivity contribution in [2.24, 2.45) is 5.92 Å². The Labute approximate surface area is 216 Å². The summed E-state index contributed by atoms with van der Waals surface area (Å²) in [6, 6.07) is 5.18. The Bertz CT molecular complexity index is 954. The number of rotatable bonds is 12. The van der Waals surface area contributed by atoms with Gasteiger partial charge in [-0.05, 0) is 44.9 Å². The highest BCUT2D eigenvalue weighted by Crippen LogP contribution is 2.16. The molecule has 3 amide bonds. The van der Waals surface area contributed by atoms with Crippen LogP contribution in [0.2, 0.25) is 0 Å². The van der Waals surface area contributed by atoms with Crippen molar-refractivity contribution >= 4 is 35.6 Å². The van der Waals surface area contributed by atoms with Gasteiger partial charge < -0.3 is 20.5 Å². The summed E-state index contributed by atoms with van der Waals surface area (Å²) in [6.45, 7) is 8.90. The summed E-state index contributed by atoms with van der Waals surface area (Å²) in [5, 5.41) is 14.6. The highest BCUT2D eigenvalue weighted by molar-refractivity contribution is 7.98. The molecule has 1 rings (SSSR count). The molecule has 0 aliphatic rings. The summed E-state index contributed by atoms with van der Waals surface area (Å²) >= 11 is 0.424. The van der Waals surface area contributed by atoms with Gasteiger partial charge in [0.25, 0.3) is 0 Å². The minimum atomic E-state index is -2.44. The Morgan fingerprint density at radius 1 is 1.09 bits per heavy atom. The molecular weight excluding hydrogens is 470 g/mol. The number of thioether (sulfide) groups is 1. The fourth-order valence-electron chi connectivity index (χ4n) is 3.21. The van der Waals surface area contributed by atoms with E-state index in [1.165, 1.54) is 11.9 Å². The van der Waals surface area contributed by atoms with Gasteiger partial charge in [0.2, 0.25) is 11.8 Å². The zero-order valence-electron chi connectivity index (χ0n) is 24.2. The number of nitrogens with one attached hydrogen (secondary N) is 2. The molecule has 9 nitrogen and oxygen atoms in total. The number of carbonyl (C=O) groups excluding carboxylic acids is 3. The predicted molar refractivity (Wildman–Crippen MR) is 137 cm³/mol. The largest absolute Gasteiger partial charge is 0.480 e. The fraction of sp³-hybridized carbons (Fsp3) is 0.600. The van der Waals surface area contributed by atoms with E-state index in [-0.39, 0.29) is 24.5 Å². The lowest BCUT2D eigenvalue weighted by Gasteiger charge is -2.32. The van der Waals surface area contributed by atoms with E-state index in [0.29, 0.717) is 17.3 Å². The zero-order chi connectivity index (χ0) is 29.3. The molecule has 35 heavy (non-hydrogen) atoms. The van der Waals surface area contributed by atoms with Gasteiger partial charge in [0.1, 0.15) is 23.7 Å². The number of ether oxygens (including phenoxy) is 1. The van der Waals surface area contributed by atoms with Crippen molar-refractivity contribution in [3.63, 3.8) is 0 Å². The van der Waals surface area contributed by atoms with Crippen molar-refractivity contribution in [1.82, 2.24) is 15.5 Å². The number of hydrogen-bond donors (Lipinski definition) is 3. The monoisotopic (exact) mass is 512 g/mol. The van der Waals surface area contributed by atoms with Gasteiger partial charge in [0, 0.05) is 23.3 Å². The van der Waals surface area contributed by atoms with Crippen LogP contribution >= 0.6 is 11.8 Å². The lowest BCUT2D eigenvalue weighted by molar-refractivity contribution is -0.141. The SMILES string of the molecule is [2H]C([2H])([2H])SC[C@H](NC(=O)[C@H](Cc1ccccc1)NC(=O)[C@H](CC(C)C)N(C)C(=O)OC(C)(C)C)C(=O)O. The van der Waals surface area contributed by atoms with Crippen LogP contribution in [0.1, 0.15) is 50.7 Å². The summed E-state index contributed by atoms with van der Waals surface area (Å²) < 4.78 is 27.3. The van der Waals surface area contributed by atoms with E-state index in [0.717, 1.165) is 0 Å². The number of likely N-dealkylation sites (N-methyl/N-ethyl adjacent to an activating group) is 1. The highest BCUT2D eigenvalue weighted by Gasteiger charge is 2.34. The molecule has 0 heterocycles. The number of nitrogens with zero attached hydrogens (tertiary/aromatic N) is 1. The molecular formula is C25H39N3O6S. The first-order valence-corrected chi connectivity index (χ1v) is 12.4. The fourth-order valence-corrected chi connectivity index (χ4v) is 3.60. The van der Waals surface area contributed by atoms with Crippen LogP contribution in [-0.2, 0) is 25.5 Å². The van der Waals surface area contributed by atoms with Gasteiger partial charge in [-0.25, -0.2) is 9.59 Å². The molecule has 0 aliphatic carbocycles. The van der Waals surface area contributed by atoms with Gasteiger partial charge in [-0.2, -0.15) is 11.8 Å². The molecule has 0 saturated heterocycles. The number of benzene rings is 1. The van der Waals surface area contributed by atoms with Gasteiger partial charge in [0.15, 0.2) is 0 Å². The molecule has 3 atom stereocenters. The van der Waals surface area contributed by atoms with Crippen molar-refractivity contribution in [1.29, 1.82) is 0 Å². The minimum Gasteiger partial charge on any atom is -0.480 e. The smallest absolute Gasteiger partial charge is 0.410 e. The van der Waals surface area contributed by atoms with Gasteiger partial charge in [-0.1, -0.05) is 44.2 Å². The Kier molecular flexibility index (Phi) is 10.1. The van der Waals surface area contributed by atoms with E-state index < -0.39 is 53.8 Å². The van der Waals surface area contributed by atoms with Crippen molar-refractivity contribution in [2.75, 3.05) is 19.0 Å². The van der Waals surface area contributed by atoms with Gasteiger partial charge in [-0.15, -0.1) is 0 Å². The third kappa shape index (κ3) is 11.0. The number of hydrogen-bond acceptors (Lipinski definition) is 6. The molecule has 0 spiro atoms. The van der Waals surface area contributed by atoms with Crippen molar-refractivity contribution in [2.45, 2.75) is 71.2 Å². The first-order chi connectivity index (χ1) is 17.4. The maximum Gasteiger partial charge on any atom is 0.410 e. The normalized spacial score (nSPS) is 15.6. The Morgan fingerprint density at radius 3 is 2.20 bits per heavy atom. The second-order valence-corrected chi connectivity index (χ2v) is 10.3. The molecule has 0 aliphatic heterocycles. The molecule has 0 unspecified atom stereocenters. The first kappa shape index (κ1) is 25.3. The van der Waals surface area contributed by atoms with Crippen LogP contribution in [0.4, 0.5) is 4.79 Å². The molecule has 0 radical (unpaired) electrons. The Morgan fingerprint density at radius 2 is 1.69 bits per heavy atom. The quantitative estimate of drug-likeness (QED) is 0.393. The van der Waals surface area contributed by atoms with Crippen molar-refractivity contribution in [3.05, 3.63) is 35.9 Å². The van der Waals surface area contributed by atoms with E-state index >= 15 is 0 Å². The second-order valence-electron chi connectivity index (χ2n) is 9.70. The molecule has 10 heteroatoms. The van der Waals surface area contributed by atoms with Crippen LogP contribution in [0, 0.1) is 5.92 Å². The molecule has 0 aromatic heterocycles. The molecule has 0 bridgehead atoms. The first-order valence-electron chi connectivity index (χ1n) is 12.9. The minimum absolute atomic E-state index is 0.0188. The molecule has 0 fully saturated rings. The van der Waals surface area contributed by atoms with E-state index in [2.05, 4.69) is 10.6 Å². The lowest BCUT2D eigenvalue weighted by atomic mass is 10.00. The summed E-state index contributed by atoms with van der Waals surface area (Å²) in [6.07, 6.45) is -2.81. The summed E-state index contributed by atoms with van der Waals surface area (Å²) in [7, 11) is 1.44. The molecule has 196 valence electrons. The van der Waals surface area contributed by atoms with Gasteiger partial charge in [-0.3, -0.25) is 14.5 Å². The summed E-state index contributed by atoms with van der Waals surface area (Å²) in [5.41, 5.74) is -0.0731. The van der Waals surface area contributed by atoms with Crippen LogP contribution in [0.3, 0.4) is 0 Å². The standard InChI is InChI=1S/C25H39N3O6S/c1-16(2)13-20(28(6)24(33)34-25(3,4)5)22(30)26-18(14-17-11-9-8-10-12-17)21(29)27-19(15-35-7)23(31)32/h8-12,16,18-20H,13-15H2,1-7H3,(H,26,30)(H,27,29)(H,31,32)/t18-,19-,20-/m0/s1/i7D3. The average molecular weight is 513 g/mol. The third-order valence-electron chi connectivity index (χ3n) is 4.93. The zero-order valence-corrected chi connectivity index (χ0v) is 22.0. The Balaban J connectivity index is 3.20. The van der Waals surface area contributed by atoms with Crippen LogP contribution < -0.4 is 10.6 Å². The van der Waals surface area contributed by atoms with Crippen molar-refractivity contribution < 1.29 is 33.1 Å². The summed E-state index contributed by atoms with van der Waals surface area (Å²) in [5.74, 6) is -3.16. The van der Waals surface area contributed by atoms with E-state index in [9.17, 15) is 24.3 Å². The number of carboxylic acids is 1. The average Bonchev–Trinajstić information content (AvgIpc) is 2.77. The Hall–Kier alpha value is -2.75. The summed E-state index contributed by atoms with van der Waals surface area (Å²) in [4.78, 5) is 52.2. The van der Waals surface area contributed by atoms with Gasteiger partial charge >= 0.3 is 12.1 Å². The predicted octanol–water partition coefficient (Wildman–Crippen LogP) is 2.93. The second kappa shape index (κ2) is 14.0. The van der Waals surface area contributed by atoms with Crippen LogP contribution in [0.5, 0.6) is 0 Å². The van der Waals surface area contributed by atoms with Crippen LogP contribution in [-0.4, -0.2) is 76.6 Å². The maximum absolute atomic E-state index is 13.4. The molecule has 3 N–H and O–H groups in total. The number of carboxylic acid groups (broad SMARTS) is 1. The number of aliphatic carboxylic acids is 1. The molecule has 1 aromatic rings. The molecule has 1 aromatic carbocycles. The highest BCUT2D eigenvalue weighted by atomic mass is 32.2. The van der Waals surface area contributed by atoms with Crippen molar-refractivity contribution in [3.8, 4) is 0 Å². The van der Waals surface area contributed by atoms with E-state index in [4.69, 9.17) is 8.85 Å². The van der Waals surface area contributed by atoms with E-state index in [1.54, 1.807) is 51.1 Å².